The maximum Gasteiger partial charge on any atom is 0.235 e. The molecule has 0 aromatic heterocycles. The van der Waals surface area contributed by atoms with Crippen LogP contribution in [-0.2, 0) is 8.98 Å². The van der Waals surface area contributed by atoms with Gasteiger partial charge in [-0.3, -0.25) is 13.7 Å². The summed E-state index contributed by atoms with van der Waals surface area (Å²) in [5.41, 5.74) is 0.126. The van der Waals surface area contributed by atoms with E-state index in [0.29, 0.717) is 12.5 Å². The first-order valence-corrected chi connectivity index (χ1v) is 6.89. The van der Waals surface area contributed by atoms with Crippen LogP contribution in [0.25, 0.3) is 0 Å². The monoisotopic (exact) mass is 259 g/mol. The first-order valence-electron chi connectivity index (χ1n) is 6.15. The van der Waals surface area contributed by atoms with Crippen molar-refractivity contribution in [1.29, 1.82) is 0 Å². The summed E-state index contributed by atoms with van der Waals surface area (Å²) in [4.78, 5) is 11.4. The normalized spacial score (nSPS) is 22.2. The van der Waals surface area contributed by atoms with Crippen molar-refractivity contribution >= 4 is 18.1 Å². The zero-order valence-electron chi connectivity index (χ0n) is 11.6. The van der Waals surface area contributed by atoms with E-state index in [1.807, 2.05) is 19.9 Å². The third kappa shape index (κ3) is 7.45. The van der Waals surface area contributed by atoms with E-state index >= 15 is 0 Å². The maximum atomic E-state index is 11.4. The molecule has 2 atom stereocenters. The van der Waals surface area contributed by atoms with Crippen molar-refractivity contribution in [2.75, 3.05) is 6.61 Å². The number of allylic oxidation sites excluding steroid dienone is 1. The average Bonchev–Trinajstić information content (AvgIpc) is 3.05. The van der Waals surface area contributed by atoms with Crippen LogP contribution in [0.1, 0.15) is 41.0 Å². The van der Waals surface area contributed by atoms with E-state index in [2.05, 4.69) is 32.1 Å². The van der Waals surface area contributed by atoms with E-state index in [-0.39, 0.29) is 17.2 Å². The first kappa shape index (κ1) is 16.5. The van der Waals surface area contributed by atoms with Gasteiger partial charge in [0, 0.05) is 5.92 Å². The highest BCUT2D eigenvalue weighted by Gasteiger charge is 2.40. The smallest absolute Gasteiger partial charge is 0.235 e. The van der Waals surface area contributed by atoms with Crippen molar-refractivity contribution in [3.63, 3.8) is 0 Å². The van der Waals surface area contributed by atoms with E-state index in [1.165, 1.54) is 0 Å². The number of carbonyl (C=O) groups excluding carboxylic acids is 1. The van der Waals surface area contributed by atoms with Gasteiger partial charge in [-0.2, -0.15) is 0 Å². The predicted octanol–water partition coefficient (Wildman–Crippen LogP) is 3.58. The molecule has 100 valence electrons. The summed E-state index contributed by atoms with van der Waals surface area (Å²) < 4.78 is 7.96. The Bertz CT molecular complexity index is 248. The van der Waals surface area contributed by atoms with Gasteiger partial charge in [0.15, 0.2) is 0 Å². The molecule has 0 spiro atoms. The van der Waals surface area contributed by atoms with Gasteiger partial charge in [-0.15, -0.1) is 6.58 Å². The molecule has 1 fully saturated rings. The molecule has 0 radical (unpaired) electrons. The molecule has 1 saturated carbocycles. The second-order valence-electron chi connectivity index (χ2n) is 5.11. The number of hydrogen-bond acceptors (Lipinski definition) is 3. The molecule has 1 rings (SSSR count). The molecule has 1 amide bonds. The Labute approximate surface area is 110 Å². The molecule has 4 heteroatoms. The molecule has 0 unspecified atom stereocenters. The molecule has 1 N–H and O–H groups in total. The van der Waals surface area contributed by atoms with Gasteiger partial charge in [-0.1, -0.05) is 40.7 Å². The van der Waals surface area contributed by atoms with Gasteiger partial charge in [0.1, 0.15) is 12.2 Å². The molecule has 1 aliphatic rings. The summed E-state index contributed by atoms with van der Waals surface area (Å²) in [7, 11) is 0. The number of nitrogens with one attached hydrogen (secondary N) is 1. The van der Waals surface area contributed by atoms with Crippen molar-refractivity contribution in [2.45, 2.75) is 41.0 Å². The Morgan fingerprint density at radius 2 is 2.12 bits per heavy atom. The zero-order chi connectivity index (χ0) is 13.5. The standard InChI is InChI=1S/C11H19NO2S.C2H6/c1-5-8-6-9(8)10(13)12-15-14-7-11(2,3)4;1-2/h5,8-9H,1,6-7H2,2-4H3,(H,12,13);1-2H3/t8-,9+;/m1./s1. The summed E-state index contributed by atoms with van der Waals surface area (Å²) in [6.45, 7) is 14.5. The lowest BCUT2D eigenvalue weighted by molar-refractivity contribution is -0.120. The highest BCUT2D eigenvalue weighted by Crippen LogP contribution is 2.39. The lowest BCUT2D eigenvalue weighted by Gasteiger charge is -2.16. The van der Waals surface area contributed by atoms with E-state index in [4.69, 9.17) is 4.18 Å². The fourth-order valence-electron chi connectivity index (χ4n) is 1.13. The molecular weight excluding hydrogens is 234 g/mol. The molecule has 0 bridgehead atoms. The molecule has 1 aliphatic carbocycles. The predicted molar refractivity (Wildman–Crippen MR) is 74.3 cm³/mol. The molecule has 3 nitrogen and oxygen atoms in total. The summed E-state index contributed by atoms with van der Waals surface area (Å²) in [5.74, 6) is 0.542. The number of carbonyl (C=O) groups is 1. The van der Waals surface area contributed by atoms with Crippen LogP contribution in [0, 0.1) is 17.3 Å². The molecular formula is C13H25NO2S. The van der Waals surface area contributed by atoms with Crippen LogP contribution in [0.5, 0.6) is 0 Å². The van der Waals surface area contributed by atoms with E-state index in [1.54, 1.807) is 0 Å². The fraction of sp³-hybridized carbons (Fsp3) is 0.769. The van der Waals surface area contributed by atoms with Crippen LogP contribution in [0.15, 0.2) is 12.7 Å². The average molecular weight is 259 g/mol. The van der Waals surface area contributed by atoms with Gasteiger partial charge < -0.3 is 0 Å². The topological polar surface area (TPSA) is 38.3 Å². The first-order chi connectivity index (χ1) is 7.94. The van der Waals surface area contributed by atoms with E-state index in [0.717, 1.165) is 18.6 Å². The third-order valence-electron chi connectivity index (χ3n) is 2.17. The summed E-state index contributed by atoms with van der Waals surface area (Å²) in [5, 5.41) is 0. The van der Waals surface area contributed by atoms with E-state index in [9.17, 15) is 4.79 Å². The largest absolute Gasteiger partial charge is 0.296 e. The lowest BCUT2D eigenvalue weighted by atomic mass is 9.99. The van der Waals surface area contributed by atoms with Crippen LogP contribution < -0.4 is 4.72 Å². The van der Waals surface area contributed by atoms with Gasteiger partial charge in [0.25, 0.3) is 0 Å². The van der Waals surface area contributed by atoms with Crippen molar-refractivity contribution < 1.29 is 8.98 Å². The van der Waals surface area contributed by atoms with Crippen LogP contribution in [0.4, 0.5) is 0 Å². The van der Waals surface area contributed by atoms with Crippen LogP contribution in [0.3, 0.4) is 0 Å². The van der Waals surface area contributed by atoms with Crippen LogP contribution in [0.2, 0.25) is 0 Å². The number of rotatable bonds is 5. The zero-order valence-corrected chi connectivity index (χ0v) is 12.4. The van der Waals surface area contributed by atoms with Crippen molar-refractivity contribution in [3.05, 3.63) is 12.7 Å². The molecule has 0 aromatic carbocycles. The minimum Gasteiger partial charge on any atom is -0.296 e. The van der Waals surface area contributed by atoms with Crippen LogP contribution in [-0.4, -0.2) is 12.5 Å². The van der Waals surface area contributed by atoms with Gasteiger partial charge in [0.2, 0.25) is 5.91 Å². The highest BCUT2D eigenvalue weighted by molar-refractivity contribution is 7.93. The Kier molecular flexibility index (Phi) is 7.55. The number of hydrogen-bond donors (Lipinski definition) is 1. The van der Waals surface area contributed by atoms with Crippen LogP contribution >= 0.6 is 12.2 Å². The third-order valence-corrected chi connectivity index (χ3v) is 2.69. The molecule has 0 aliphatic heterocycles. The maximum absolute atomic E-state index is 11.4. The molecule has 0 heterocycles. The van der Waals surface area contributed by atoms with Gasteiger partial charge >= 0.3 is 0 Å². The second kappa shape index (κ2) is 7.77. The number of amides is 1. The van der Waals surface area contributed by atoms with Gasteiger partial charge in [-0.25, -0.2) is 0 Å². The van der Waals surface area contributed by atoms with Crippen molar-refractivity contribution in [1.82, 2.24) is 4.72 Å². The SMILES string of the molecule is C=C[C@@H]1C[C@@H]1C(=O)NSOCC(C)(C)C.CC. The summed E-state index contributed by atoms with van der Waals surface area (Å²) in [6.07, 6.45) is 2.76. The van der Waals surface area contributed by atoms with Gasteiger partial charge in [-0.05, 0) is 17.8 Å². The lowest BCUT2D eigenvalue weighted by Crippen LogP contribution is -2.20. The Morgan fingerprint density at radius 1 is 1.53 bits per heavy atom. The Balaban J connectivity index is 0.00000121. The molecule has 17 heavy (non-hydrogen) atoms. The minimum atomic E-state index is 0.0545. The quantitative estimate of drug-likeness (QED) is 0.355. The Morgan fingerprint density at radius 3 is 2.53 bits per heavy atom. The van der Waals surface area contributed by atoms with Crippen molar-refractivity contribution in [2.24, 2.45) is 17.3 Å². The summed E-state index contributed by atoms with van der Waals surface area (Å²) in [6, 6.07) is 0. The Hall–Kier alpha value is -0.480. The molecule has 0 aromatic rings. The van der Waals surface area contributed by atoms with Crippen molar-refractivity contribution in [3.8, 4) is 0 Å². The van der Waals surface area contributed by atoms with E-state index < -0.39 is 0 Å². The highest BCUT2D eigenvalue weighted by atomic mass is 32.2. The fourth-order valence-corrected chi connectivity index (χ4v) is 1.83. The minimum absolute atomic E-state index is 0.0545. The molecule has 0 saturated heterocycles. The summed E-state index contributed by atoms with van der Waals surface area (Å²) >= 11 is 1.04. The van der Waals surface area contributed by atoms with Gasteiger partial charge in [0.05, 0.1) is 6.61 Å². The second-order valence-corrected chi connectivity index (χ2v) is 5.72.